The average Bonchev–Trinajstić information content (AvgIpc) is 2.99. The number of pyridine rings is 1. The summed E-state index contributed by atoms with van der Waals surface area (Å²) in [4.78, 5) is 31.9. The van der Waals surface area contributed by atoms with Crippen LogP contribution in [0.4, 0.5) is 4.79 Å². The predicted octanol–water partition coefficient (Wildman–Crippen LogP) is 2.07. The number of piperidine rings is 1. The molecule has 1 aromatic heterocycles. The Morgan fingerprint density at radius 3 is 2.56 bits per heavy atom. The molecule has 2 aliphatic rings. The number of benzene rings is 1. The highest BCUT2D eigenvalue weighted by Gasteiger charge is 2.56. The number of urea groups is 1. The van der Waals surface area contributed by atoms with Crippen molar-refractivity contribution in [3.05, 3.63) is 66.0 Å². The first-order valence-electron chi connectivity index (χ1n) is 9.51. The van der Waals surface area contributed by atoms with E-state index in [0.29, 0.717) is 13.0 Å². The van der Waals surface area contributed by atoms with Crippen molar-refractivity contribution in [2.24, 2.45) is 5.92 Å². The highest BCUT2D eigenvalue weighted by Crippen LogP contribution is 2.40. The molecule has 27 heavy (non-hydrogen) atoms. The van der Waals surface area contributed by atoms with Crippen molar-refractivity contribution in [2.45, 2.75) is 24.8 Å². The highest BCUT2D eigenvalue weighted by atomic mass is 16.2. The number of nitrogens with zero attached hydrogens (tertiary/aromatic N) is 2. The van der Waals surface area contributed by atoms with Crippen molar-refractivity contribution >= 4 is 11.9 Å². The Morgan fingerprint density at radius 2 is 1.85 bits per heavy atom. The first-order valence-corrected chi connectivity index (χ1v) is 9.51. The lowest BCUT2D eigenvalue weighted by atomic mass is 9.74. The number of hydrogen-bond donors (Lipinski definition) is 2. The Morgan fingerprint density at radius 1 is 1.07 bits per heavy atom. The molecule has 4 rings (SSSR count). The molecule has 1 atom stereocenters. The van der Waals surface area contributed by atoms with Gasteiger partial charge >= 0.3 is 6.03 Å². The summed E-state index contributed by atoms with van der Waals surface area (Å²) in [5, 5.41) is 6.40. The first kappa shape index (κ1) is 17.7. The van der Waals surface area contributed by atoms with Crippen LogP contribution < -0.4 is 10.6 Å². The number of imide groups is 1. The van der Waals surface area contributed by atoms with E-state index < -0.39 is 5.54 Å². The van der Waals surface area contributed by atoms with Crippen molar-refractivity contribution in [2.75, 3.05) is 19.6 Å². The normalized spacial score (nSPS) is 23.5. The van der Waals surface area contributed by atoms with Crippen LogP contribution in [0, 0.1) is 5.92 Å². The van der Waals surface area contributed by atoms with E-state index in [1.807, 2.05) is 42.5 Å². The highest BCUT2D eigenvalue weighted by molar-refractivity contribution is 6.07. The maximum Gasteiger partial charge on any atom is 0.325 e. The smallest absolute Gasteiger partial charge is 0.319 e. The number of hydrogen-bond acceptors (Lipinski definition) is 4. The van der Waals surface area contributed by atoms with Crippen molar-refractivity contribution in [3.63, 3.8) is 0 Å². The quantitative estimate of drug-likeness (QED) is 0.797. The minimum atomic E-state index is -1.01. The molecule has 1 unspecified atom stereocenters. The lowest BCUT2D eigenvalue weighted by Gasteiger charge is -2.37. The van der Waals surface area contributed by atoms with Gasteiger partial charge in [0.25, 0.3) is 5.91 Å². The molecule has 2 aliphatic heterocycles. The first-order chi connectivity index (χ1) is 13.2. The summed E-state index contributed by atoms with van der Waals surface area (Å²) in [5.41, 5.74) is 0.876. The standard InChI is InChI=1S/C21H24N4O2/c26-19-21(17-8-12-22-13-9-17,18-7-4-11-23-15-18)24-20(27)25(19)14-10-16-5-2-1-3-6-16/h1-7,11,15,17,22H,8-10,12-14H2,(H,24,27). The van der Waals surface area contributed by atoms with Gasteiger partial charge in [0.15, 0.2) is 5.54 Å². The third-order valence-electron chi connectivity index (χ3n) is 5.67. The molecular formula is C21H24N4O2. The number of amides is 3. The van der Waals surface area contributed by atoms with Crippen LogP contribution in [0.2, 0.25) is 0 Å². The van der Waals surface area contributed by atoms with E-state index in [2.05, 4.69) is 15.6 Å². The molecule has 1 aromatic carbocycles. The van der Waals surface area contributed by atoms with Crippen LogP contribution in [-0.4, -0.2) is 41.5 Å². The summed E-state index contributed by atoms with van der Waals surface area (Å²) in [5.74, 6) is -0.0931. The number of rotatable bonds is 5. The molecule has 6 nitrogen and oxygen atoms in total. The monoisotopic (exact) mass is 364 g/mol. The molecule has 0 aliphatic carbocycles. The van der Waals surface area contributed by atoms with Gasteiger partial charge in [0.05, 0.1) is 0 Å². The van der Waals surface area contributed by atoms with Crippen molar-refractivity contribution in [3.8, 4) is 0 Å². The third-order valence-corrected chi connectivity index (χ3v) is 5.67. The van der Waals surface area contributed by atoms with E-state index in [9.17, 15) is 9.59 Å². The maximum atomic E-state index is 13.6. The topological polar surface area (TPSA) is 74.3 Å². The van der Waals surface area contributed by atoms with Gasteiger partial charge in [-0.3, -0.25) is 14.7 Å². The summed E-state index contributed by atoms with van der Waals surface area (Å²) in [7, 11) is 0. The van der Waals surface area contributed by atoms with Crippen molar-refractivity contribution in [1.29, 1.82) is 0 Å². The molecule has 2 saturated heterocycles. The van der Waals surface area contributed by atoms with Crippen molar-refractivity contribution < 1.29 is 9.59 Å². The van der Waals surface area contributed by atoms with Crippen molar-refractivity contribution in [1.82, 2.24) is 20.5 Å². The summed E-state index contributed by atoms with van der Waals surface area (Å²) in [6.07, 6.45) is 5.73. The lowest BCUT2D eigenvalue weighted by Crippen LogP contribution is -2.53. The van der Waals surface area contributed by atoms with E-state index in [1.54, 1.807) is 12.4 Å². The fourth-order valence-electron chi connectivity index (χ4n) is 4.24. The summed E-state index contributed by atoms with van der Waals surface area (Å²) >= 11 is 0. The van der Waals surface area contributed by atoms with E-state index in [1.165, 1.54) is 4.90 Å². The van der Waals surface area contributed by atoms with Crippen LogP contribution in [0.1, 0.15) is 24.0 Å². The minimum absolute atomic E-state index is 0.0566. The summed E-state index contributed by atoms with van der Waals surface area (Å²) < 4.78 is 0. The number of nitrogens with one attached hydrogen (secondary N) is 2. The predicted molar refractivity (Wildman–Crippen MR) is 102 cm³/mol. The fourth-order valence-corrected chi connectivity index (χ4v) is 4.24. The van der Waals surface area contributed by atoms with Gasteiger partial charge in [0, 0.05) is 24.5 Å². The van der Waals surface area contributed by atoms with Gasteiger partial charge in [0.1, 0.15) is 0 Å². The Balaban J connectivity index is 1.63. The second-order valence-electron chi connectivity index (χ2n) is 7.20. The molecule has 140 valence electrons. The Labute approximate surface area is 159 Å². The molecule has 0 saturated carbocycles. The van der Waals surface area contributed by atoms with E-state index in [-0.39, 0.29) is 17.9 Å². The van der Waals surface area contributed by atoms with Crippen LogP contribution in [0.25, 0.3) is 0 Å². The molecule has 0 radical (unpaired) electrons. The van der Waals surface area contributed by atoms with Gasteiger partial charge in [-0.2, -0.15) is 0 Å². The van der Waals surface area contributed by atoms with Crippen LogP contribution in [0.15, 0.2) is 54.9 Å². The second-order valence-corrected chi connectivity index (χ2v) is 7.20. The molecule has 3 amide bonds. The SMILES string of the molecule is O=C1NC(c2cccnc2)(C2CCNCC2)C(=O)N1CCc1ccccc1. The van der Waals surface area contributed by atoms with Gasteiger partial charge in [0.2, 0.25) is 0 Å². The van der Waals surface area contributed by atoms with Gasteiger partial charge in [-0.05, 0) is 49.9 Å². The van der Waals surface area contributed by atoms with E-state index >= 15 is 0 Å². The Bertz CT molecular complexity index is 805. The van der Waals surface area contributed by atoms with E-state index in [0.717, 1.165) is 37.1 Å². The molecular weight excluding hydrogens is 340 g/mol. The molecule has 0 spiro atoms. The maximum absolute atomic E-state index is 13.6. The number of carbonyl (C=O) groups excluding carboxylic acids is 2. The molecule has 2 aromatic rings. The third kappa shape index (κ3) is 3.21. The Hall–Kier alpha value is -2.73. The van der Waals surface area contributed by atoms with Gasteiger partial charge < -0.3 is 10.6 Å². The Kier molecular flexibility index (Phi) is 4.90. The molecule has 3 heterocycles. The van der Waals surface area contributed by atoms with Gasteiger partial charge in [-0.15, -0.1) is 0 Å². The second kappa shape index (κ2) is 7.48. The molecule has 2 fully saturated rings. The van der Waals surface area contributed by atoms with Gasteiger partial charge in [-0.25, -0.2) is 4.79 Å². The molecule has 2 N–H and O–H groups in total. The van der Waals surface area contributed by atoms with E-state index in [4.69, 9.17) is 0 Å². The average molecular weight is 364 g/mol. The summed E-state index contributed by atoms with van der Waals surface area (Å²) in [6.45, 7) is 2.07. The van der Waals surface area contributed by atoms with Crippen LogP contribution in [0.5, 0.6) is 0 Å². The fraction of sp³-hybridized carbons (Fsp3) is 0.381. The minimum Gasteiger partial charge on any atom is -0.319 e. The summed E-state index contributed by atoms with van der Waals surface area (Å²) in [6, 6.07) is 13.3. The zero-order valence-electron chi connectivity index (χ0n) is 15.2. The lowest BCUT2D eigenvalue weighted by molar-refractivity contribution is -0.134. The van der Waals surface area contributed by atoms with Crippen LogP contribution >= 0.6 is 0 Å². The zero-order chi connectivity index (χ0) is 18.7. The van der Waals surface area contributed by atoms with Gasteiger partial charge in [-0.1, -0.05) is 36.4 Å². The largest absolute Gasteiger partial charge is 0.325 e. The number of carbonyl (C=O) groups is 2. The van der Waals surface area contributed by atoms with Crippen LogP contribution in [-0.2, 0) is 16.8 Å². The molecule has 6 heteroatoms. The number of aromatic nitrogens is 1. The zero-order valence-corrected chi connectivity index (χ0v) is 15.2. The van der Waals surface area contributed by atoms with Crippen LogP contribution in [0.3, 0.4) is 0 Å². The molecule has 0 bridgehead atoms.